The van der Waals surface area contributed by atoms with E-state index in [1.165, 1.54) is 42.6 Å². The summed E-state index contributed by atoms with van der Waals surface area (Å²) in [7, 11) is 0. The van der Waals surface area contributed by atoms with Crippen LogP contribution < -0.4 is 10.7 Å². The summed E-state index contributed by atoms with van der Waals surface area (Å²) >= 11 is 1.41. The van der Waals surface area contributed by atoms with Crippen molar-refractivity contribution < 1.29 is 81.8 Å². The molecule has 2 heterocycles. The summed E-state index contributed by atoms with van der Waals surface area (Å²) in [6.07, 6.45) is -1.92. The van der Waals surface area contributed by atoms with Crippen LogP contribution in [0, 0.1) is 16.7 Å². The molecule has 3 aromatic carbocycles. The maximum atomic E-state index is 15.5. The zero-order chi connectivity index (χ0) is 62.0. The number of hydrogen-bond donors (Lipinski definition) is 4. The molecule has 3 aliphatic carbocycles. The third kappa shape index (κ3) is 14.0. The van der Waals surface area contributed by atoms with Gasteiger partial charge in [0.15, 0.2) is 17.5 Å². The monoisotopic (exact) mass is 1190 g/mol. The molecular weight excluding hydrogens is 1120 g/mol. The molecule has 2 saturated heterocycles. The van der Waals surface area contributed by atoms with Crippen molar-refractivity contribution in [1.82, 2.24) is 15.6 Å². The van der Waals surface area contributed by atoms with Gasteiger partial charge in [-0.25, -0.2) is 10.2 Å². The number of aldehydes is 1. The van der Waals surface area contributed by atoms with Crippen LogP contribution in [0.25, 0.3) is 0 Å². The van der Waals surface area contributed by atoms with Crippen molar-refractivity contribution in [1.29, 1.82) is 0 Å². The quantitative estimate of drug-likeness (QED) is 0.0133. The first-order valence-electron chi connectivity index (χ1n) is 28.5. The molecule has 4 fully saturated rings. The second kappa shape index (κ2) is 27.8. The summed E-state index contributed by atoms with van der Waals surface area (Å²) in [6.45, 7) is 10.5. The number of amides is 4. The third-order valence-corrected chi connectivity index (χ3v) is 18.1. The number of carbonyl (C=O) groups is 10. The van der Waals surface area contributed by atoms with E-state index in [-0.39, 0.29) is 59.1 Å². The highest BCUT2D eigenvalue weighted by Crippen LogP contribution is 2.64. The van der Waals surface area contributed by atoms with Crippen molar-refractivity contribution in [3.8, 4) is 0 Å². The number of esters is 4. The van der Waals surface area contributed by atoms with Gasteiger partial charge in [0.1, 0.15) is 30.2 Å². The smallest absolute Gasteiger partial charge is 0.338 e. The fraction of sp³-hybridized carbons (Fsp3) is 0.508. The molecule has 456 valence electrons. The second-order valence-electron chi connectivity index (χ2n) is 23.0. The number of likely N-dealkylation sites (tertiary alicyclic amines) is 1. The minimum Gasteiger partial charge on any atom is -0.458 e. The molecule has 5 aliphatic rings. The third-order valence-electron chi connectivity index (χ3n) is 17.1. The molecule has 2 aliphatic heterocycles. The van der Waals surface area contributed by atoms with E-state index in [4.69, 9.17) is 23.7 Å². The molecule has 0 spiro atoms. The number of hydrazone groups is 1. The van der Waals surface area contributed by atoms with E-state index in [1.54, 1.807) is 107 Å². The lowest BCUT2D eigenvalue weighted by Crippen LogP contribution is -2.82. The predicted octanol–water partition coefficient (Wildman–Crippen LogP) is 6.27. The Morgan fingerprint density at radius 3 is 2.06 bits per heavy atom. The maximum Gasteiger partial charge on any atom is 0.338 e. The van der Waals surface area contributed by atoms with E-state index in [1.807, 2.05) is 6.26 Å². The molecule has 4 amide bonds. The van der Waals surface area contributed by atoms with Gasteiger partial charge in [-0.15, -0.1) is 0 Å². The van der Waals surface area contributed by atoms with Crippen LogP contribution in [0.1, 0.15) is 145 Å². The largest absolute Gasteiger partial charge is 0.458 e. The normalized spacial score (nSPS) is 27.8. The molecule has 11 atom stereocenters. The number of ketones is 1. The van der Waals surface area contributed by atoms with Crippen LogP contribution >= 0.6 is 11.8 Å². The number of aliphatic hydroxyl groups excluding tert-OH is 1. The van der Waals surface area contributed by atoms with Crippen molar-refractivity contribution in [2.24, 2.45) is 21.8 Å². The van der Waals surface area contributed by atoms with Crippen LogP contribution in [0.15, 0.2) is 107 Å². The Kier molecular flexibility index (Phi) is 21.3. The predicted molar refractivity (Wildman–Crippen MR) is 310 cm³/mol. The van der Waals surface area contributed by atoms with Gasteiger partial charge >= 0.3 is 23.9 Å². The van der Waals surface area contributed by atoms with Gasteiger partial charge in [0, 0.05) is 69.2 Å². The Bertz CT molecular complexity index is 3070. The van der Waals surface area contributed by atoms with Gasteiger partial charge in [-0.2, -0.15) is 16.9 Å². The molecule has 85 heavy (non-hydrogen) atoms. The van der Waals surface area contributed by atoms with E-state index >= 15 is 4.79 Å². The Balaban J connectivity index is 0.000000362. The maximum absolute atomic E-state index is 15.5. The summed E-state index contributed by atoms with van der Waals surface area (Å²) in [5.74, 6) is -6.38. The summed E-state index contributed by atoms with van der Waals surface area (Å²) in [6, 6.07) is 24.4. The fourth-order valence-electron chi connectivity index (χ4n) is 12.5. The van der Waals surface area contributed by atoms with Crippen LogP contribution in [0.4, 0.5) is 0 Å². The standard InChI is InChI=1S/C47H51NO13.C16H25N3O4S/c1-26-33(59-36(52)22-32(29-16-10-7-11-17-29)48-42(54)30-18-12-8-13-19-30)24-47(56)41(60-43(55)31-20-14-9-15-21-31)39-45(6,34(51)23-35-46(39,25-57-35)61-28(3)50)40(53)38(58-27(2)49)37(26)44(47,4)5;1-12(7-6-10-20)17-18-14(21)8-4-3-5-9-19-15(22)11-13(24-2)16(19)23/h7-21,32-35,38-39,41,51,56H,22-25H2,1-6H3,(H,48,54);10,13H,3-9,11H2,1-2H3,(H,18,21)/b;17-12-/t32-,33+,34+,35-,38-,39?,41+,45-,46+,47-;/m1./s1. The number of nitrogens with one attached hydrogen (secondary N) is 2. The SMILES string of the molecule is CC(=O)O[C@H]1C(=O)[C@@]2(C)C([C@H](OC(=O)c3ccccc3)[C@]3(O)C[C@H](OC(=O)C[C@@H](NC(=O)c4ccccc4)c4ccccc4)C(C)=C1C3(C)C)[C@]1(OC(C)=O)CO[C@@H]1C[C@@H]2O.CSC1CC(=O)N(CCCCCC(=O)N/N=C(/C)CCC=O)C1=O. The minimum atomic E-state index is -2.30. The highest BCUT2D eigenvalue weighted by Gasteiger charge is 2.78. The number of nitrogens with zero attached hydrogens (tertiary/aromatic N) is 2. The van der Waals surface area contributed by atoms with Gasteiger partial charge in [-0.05, 0) is 87.3 Å². The highest BCUT2D eigenvalue weighted by molar-refractivity contribution is 8.00. The van der Waals surface area contributed by atoms with Crippen molar-refractivity contribution >= 4 is 77.0 Å². The average Bonchev–Trinajstić information content (AvgIpc) is 1.05. The lowest BCUT2D eigenvalue weighted by atomic mass is 9.44. The van der Waals surface area contributed by atoms with Gasteiger partial charge in [0.2, 0.25) is 17.7 Å². The Hall–Kier alpha value is -7.40. The van der Waals surface area contributed by atoms with Gasteiger partial charge in [-0.3, -0.25) is 43.3 Å². The number of unbranched alkanes of at least 4 members (excludes halogenated alkanes) is 2. The lowest BCUT2D eigenvalue weighted by Gasteiger charge is -2.67. The number of rotatable bonds is 21. The summed E-state index contributed by atoms with van der Waals surface area (Å²) in [5.41, 5.74) is -2.99. The van der Waals surface area contributed by atoms with E-state index in [9.17, 15) is 53.4 Å². The zero-order valence-electron chi connectivity index (χ0n) is 49.2. The molecule has 3 aromatic rings. The van der Waals surface area contributed by atoms with Crippen LogP contribution in [0.5, 0.6) is 0 Å². The summed E-state index contributed by atoms with van der Waals surface area (Å²) in [4.78, 5) is 130. The molecule has 22 heteroatoms. The van der Waals surface area contributed by atoms with Crippen molar-refractivity contribution in [3.05, 3.63) is 119 Å². The molecule has 0 aromatic heterocycles. The van der Waals surface area contributed by atoms with Crippen molar-refractivity contribution in [3.63, 3.8) is 0 Å². The van der Waals surface area contributed by atoms with Gasteiger partial charge in [0.25, 0.3) is 5.91 Å². The molecule has 2 unspecified atom stereocenters. The van der Waals surface area contributed by atoms with Gasteiger partial charge in [-0.1, -0.05) is 87.0 Å². The highest BCUT2D eigenvalue weighted by atomic mass is 32.2. The Morgan fingerprint density at radius 1 is 0.847 bits per heavy atom. The summed E-state index contributed by atoms with van der Waals surface area (Å²) in [5, 5.41) is 32.3. The number of carbonyl (C=O) groups excluding carboxylic acids is 10. The van der Waals surface area contributed by atoms with E-state index < -0.39 is 107 Å². The first-order chi connectivity index (χ1) is 40.3. The topological polar surface area (TPSA) is 297 Å². The Labute approximate surface area is 498 Å². The second-order valence-corrected chi connectivity index (χ2v) is 24.0. The molecule has 8 rings (SSSR count). The number of fused-ring (bicyclic) bond motifs is 5. The minimum absolute atomic E-state index is 0.0809. The average molecular weight is 1190 g/mol. The van der Waals surface area contributed by atoms with Crippen LogP contribution in [0.2, 0.25) is 0 Å². The summed E-state index contributed by atoms with van der Waals surface area (Å²) < 4.78 is 30.5. The van der Waals surface area contributed by atoms with Crippen LogP contribution in [-0.4, -0.2) is 147 Å². The lowest BCUT2D eigenvalue weighted by molar-refractivity contribution is -0.346. The first kappa shape index (κ1) is 65.1. The number of ether oxygens (including phenoxy) is 5. The number of imide groups is 1. The molecule has 4 N–H and O–H groups in total. The number of thioether (sulfide) groups is 1. The molecule has 0 radical (unpaired) electrons. The number of aliphatic hydroxyl groups is 2. The molecule has 2 saturated carbocycles. The van der Waals surface area contributed by atoms with E-state index in [2.05, 4.69) is 15.8 Å². The van der Waals surface area contributed by atoms with Crippen LogP contribution in [0.3, 0.4) is 0 Å². The van der Waals surface area contributed by atoms with E-state index in [0.717, 1.165) is 19.6 Å². The molecule has 2 bridgehead atoms. The Morgan fingerprint density at radius 2 is 1.48 bits per heavy atom. The molecule has 21 nitrogen and oxygen atoms in total. The van der Waals surface area contributed by atoms with Crippen molar-refractivity contribution in [2.45, 2.75) is 166 Å². The van der Waals surface area contributed by atoms with Gasteiger partial charge in [0.05, 0.1) is 47.3 Å². The number of Topliss-reactive ketones (excluding diaryl/α,β-unsaturated/α-hetero) is 1. The van der Waals surface area contributed by atoms with E-state index in [0.29, 0.717) is 61.9 Å². The van der Waals surface area contributed by atoms with Gasteiger partial charge < -0.3 is 44.0 Å². The van der Waals surface area contributed by atoms with Crippen molar-refractivity contribution in [2.75, 3.05) is 19.4 Å². The zero-order valence-corrected chi connectivity index (χ0v) is 50.0. The fourth-order valence-corrected chi connectivity index (χ4v) is 13.1. The first-order valence-corrected chi connectivity index (χ1v) is 29.8. The molecular formula is C63H76N4O17S. The number of benzene rings is 3. The van der Waals surface area contributed by atoms with Crippen LogP contribution in [-0.2, 0) is 62.0 Å². The number of hydrogen-bond acceptors (Lipinski definition) is 19.